The first-order valence-corrected chi connectivity index (χ1v) is 11.7. The number of hydrogen-bond acceptors (Lipinski definition) is 5. The maximum Gasteiger partial charge on any atom is 0.297 e. The van der Waals surface area contributed by atoms with Gasteiger partial charge in [-0.15, -0.1) is 0 Å². The summed E-state index contributed by atoms with van der Waals surface area (Å²) in [6.45, 7) is 4.21. The lowest BCUT2D eigenvalue weighted by atomic mass is 9.86. The van der Waals surface area contributed by atoms with Crippen LogP contribution in [0.4, 0.5) is 5.13 Å². The molecule has 1 fully saturated rings. The Balaban J connectivity index is 1.65. The van der Waals surface area contributed by atoms with Crippen molar-refractivity contribution in [1.82, 2.24) is 4.98 Å². The fourth-order valence-electron chi connectivity index (χ4n) is 4.30. The van der Waals surface area contributed by atoms with Gasteiger partial charge in [0.05, 0.1) is 16.3 Å². The van der Waals surface area contributed by atoms with Gasteiger partial charge in [-0.05, 0) is 29.2 Å². The predicted octanol–water partition coefficient (Wildman–Crippen LogP) is 5.58. The highest BCUT2D eigenvalue weighted by atomic mass is 32.1. The lowest BCUT2D eigenvalue weighted by molar-refractivity contribution is -0.135. The zero-order valence-corrected chi connectivity index (χ0v) is 19.1. The van der Waals surface area contributed by atoms with Gasteiger partial charge in [-0.1, -0.05) is 91.9 Å². The summed E-state index contributed by atoms with van der Waals surface area (Å²) in [5.74, 6) is -2.53. The van der Waals surface area contributed by atoms with Crippen LogP contribution in [0.25, 0.3) is 10.2 Å². The van der Waals surface area contributed by atoms with Gasteiger partial charge in [0.25, 0.3) is 5.91 Å². The fraction of sp³-hybridized carbons (Fsp3) is 0.185. The van der Waals surface area contributed by atoms with Gasteiger partial charge in [-0.2, -0.15) is 0 Å². The number of amides is 1. The van der Waals surface area contributed by atoms with Crippen LogP contribution in [0, 0.1) is 5.92 Å². The van der Waals surface area contributed by atoms with Gasteiger partial charge in [-0.3, -0.25) is 19.3 Å². The number of thiazole rings is 1. The molecule has 1 amide bonds. The van der Waals surface area contributed by atoms with Crippen molar-refractivity contribution in [2.75, 3.05) is 4.90 Å². The van der Waals surface area contributed by atoms with Gasteiger partial charge in [0.1, 0.15) is 5.92 Å². The Labute approximate surface area is 195 Å². The van der Waals surface area contributed by atoms with Crippen LogP contribution in [0.2, 0.25) is 0 Å². The zero-order valence-electron chi connectivity index (χ0n) is 18.3. The van der Waals surface area contributed by atoms with Crippen LogP contribution in [-0.4, -0.2) is 22.5 Å². The number of aromatic nitrogens is 1. The fourth-order valence-corrected chi connectivity index (χ4v) is 5.30. The van der Waals surface area contributed by atoms with Crippen molar-refractivity contribution in [2.24, 2.45) is 5.92 Å². The third-order valence-electron chi connectivity index (χ3n) is 6.08. The van der Waals surface area contributed by atoms with E-state index in [1.54, 1.807) is 24.3 Å². The molecule has 5 nitrogen and oxygen atoms in total. The predicted molar refractivity (Wildman–Crippen MR) is 130 cm³/mol. The Morgan fingerprint density at radius 2 is 1.58 bits per heavy atom. The Morgan fingerprint density at radius 1 is 0.909 bits per heavy atom. The summed E-state index contributed by atoms with van der Waals surface area (Å²) in [7, 11) is 0. The third-order valence-corrected chi connectivity index (χ3v) is 7.12. The molecule has 6 heteroatoms. The number of para-hydroxylation sites is 1. The maximum absolute atomic E-state index is 13.5. The molecule has 2 unspecified atom stereocenters. The van der Waals surface area contributed by atoms with E-state index in [1.165, 1.54) is 16.2 Å². The highest BCUT2D eigenvalue weighted by Gasteiger charge is 2.53. The third kappa shape index (κ3) is 3.66. The number of hydrogen-bond donors (Lipinski definition) is 0. The minimum absolute atomic E-state index is 0.341. The average Bonchev–Trinajstić information content (AvgIpc) is 3.38. The first-order valence-electron chi connectivity index (χ1n) is 10.9. The number of ketones is 2. The lowest BCUT2D eigenvalue weighted by Crippen LogP contribution is -2.30. The van der Waals surface area contributed by atoms with Crippen molar-refractivity contribution < 1.29 is 14.4 Å². The summed E-state index contributed by atoms with van der Waals surface area (Å²) >= 11 is 1.35. The molecule has 1 aliphatic heterocycles. The second-order valence-corrected chi connectivity index (χ2v) is 9.49. The lowest BCUT2D eigenvalue weighted by Gasteiger charge is -2.25. The number of fused-ring (bicyclic) bond motifs is 1. The zero-order chi connectivity index (χ0) is 23.1. The maximum atomic E-state index is 13.5. The van der Waals surface area contributed by atoms with E-state index in [9.17, 15) is 14.4 Å². The molecule has 4 aromatic rings. The topological polar surface area (TPSA) is 67.3 Å². The molecular formula is C27H22N2O3S. The summed E-state index contributed by atoms with van der Waals surface area (Å²) in [6, 6.07) is 23.3. The summed E-state index contributed by atoms with van der Waals surface area (Å²) in [4.78, 5) is 46.1. The van der Waals surface area contributed by atoms with E-state index in [-0.39, 0.29) is 5.78 Å². The Bertz CT molecular complexity index is 1330. The number of nitrogens with zero attached hydrogens (tertiary/aromatic N) is 2. The number of rotatable bonds is 5. The molecule has 33 heavy (non-hydrogen) atoms. The Kier molecular flexibility index (Phi) is 5.38. The molecule has 0 saturated carbocycles. The smallest absolute Gasteiger partial charge is 0.293 e. The molecular weight excluding hydrogens is 432 g/mol. The molecule has 1 saturated heterocycles. The monoisotopic (exact) mass is 454 g/mol. The molecule has 2 atom stereocenters. The molecule has 0 aliphatic carbocycles. The highest BCUT2D eigenvalue weighted by Crippen LogP contribution is 2.43. The van der Waals surface area contributed by atoms with Crippen LogP contribution in [0.5, 0.6) is 0 Å². The van der Waals surface area contributed by atoms with Crippen LogP contribution in [0.15, 0.2) is 78.9 Å². The molecule has 0 bridgehead atoms. The Hall–Kier alpha value is -3.64. The number of benzene rings is 3. The van der Waals surface area contributed by atoms with Crippen molar-refractivity contribution >= 4 is 44.2 Å². The van der Waals surface area contributed by atoms with E-state index >= 15 is 0 Å². The van der Waals surface area contributed by atoms with E-state index in [0.717, 1.165) is 21.3 Å². The molecule has 164 valence electrons. The first-order chi connectivity index (χ1) is 16.0. The number of carbonyl (C=O) groups excluding carboxylic acids is 3. The quantitative estimate of drug-likeness (QED) is 0.224. The Morgan fingerprint density at radius 3 is 2.24 bits per heavy atom. The van der Waals surface area contributed by atoms with Gasteiger partial charge in [-0.25, -0.2) is 4.98 Å². The summed E-state index contributed by atoms with van der Waals surface area (Å²) < 4.78 is 0.916. The van der Waals surface area contributed by atoms with Crippen molar-refractivity contribution in [2.45, 2.75) is 25.8 Å². The molecule has 3 aromatic carbocycles. The van der Waals surface area contributed by atoms with E-state index in [1.807, 2.05) is 54.6 Å². The summed E-state index contributed by atoms with van der Waals surface area (Å²) in [5, 5.41) is 0.427. The standard InChI is InChI=1S/C27H22N2O3S/c1-16(2)17-12-14-18(15-13-17)23-22(24(30)19-8-4-3-5-9-19)25(31)26(32)29(23)27-28-20-10-6-7-11-21(20)33-27/h3-16,22-23H,1-2H3. The molecule has 0 N–H and O–H groups in total. The second kappa shape index (κ2) is 8.37. The van der Waals surface area contributed by atoms with E-state index < -0.39 is 23.7 Å². The van der Waals surface area contributed by atoms with Gasteiger partial charge in [0, 0.05) is 5.56 Å². The number of anilines is 1. The highest BCUT2D eigenvalue weighted by molar-refractivity contribution is 7.22. The molecule has 1 aromatic heterocycles. The van der Waals surface area contributed by atoms with E-state index in [0.29, 0.717) is 16.6 Å². The van der Waals surface area contributed by atoms with Crippen LogP contribution >= 0.6 is 11.3 Å². The number of Topliss-reactive ketones (excluding diaryl/α,β-unsaturated/α-hetero) is 2. The van der Waals surface area contributed by atoms with E-state index in [4.69, 9.17) is 0 Å². The van der Waals surface area contributed by atoms with E-state index in [2.05, 4.69) is 18.8 Å². The van der Waals surface area contributed by atoms with Crippen LogP contribution < -0.4 is 4.90 Å². The van der Waals surface area contributed by atoms with Crippen LogP contribution in [0.1, 0.15) is 47.3 Å². The number of carbonyl (C=O) groups is 3. The first kappa shape index (κ1) is 21.2. The SMILES string of the molecule is CC(C)c1ccc(C2C(C(=O)c3ccccc3)C(=O)C(=O)N2c2nc3ccccc3s2)cc1. The van der Waals surface area contributed by atoms with Crippen LogP contribution in [-0.2, 0) is 9.59 Å². The second-order valence-electron chi connectivity index (χ2n) is 8.48. The minimum atomic E-state index is -1.13. The molecule has 2 heterocycles. The van der Waals surface area contributed by atoms with Crippen molar-refractivity contribution in [1.29, 1.82) is 0 Å². The van der Waals surface area contributed by atoms with Crippen molar-refractivity contribution in [3.63, 3.8) is 0 Å². The van der Waals surface area contributed by atoms with Gasteiger partial charge >= 0.3 is 0 Å². The summed E-state index contributed by atoms with van der Waals surface area (Å²) in [6.07, 6.45) is 0. The van der Waals surface area contributed by atoms with Gasteiger partial charge in [0.15, 0.2) is 10.9 Å². The van der Waals surface area contributed by atoms with Crippen molar-refractivity contribution in [3.05, 3.63) is 95.6 Å². The molecule has 5 rings (SSSR count). The normalized spacial score (nSPS) is 18.5. The molecule has 1 aliphatic rings. The molecule has 0 radical (unpaired) electrons. The van der Waals surface area contributed by atoms with Gasteiger partial charge in [0.2, 0.25) is 5.78 Å². The minimum Gasteiger partial charge on any atom is -0.293 e. The largest absolute Gasteiger partial charge is 0.297 e. The average molecular weight is 455 g/mol. The molecule has 0 spiro atoms. The summed E-state index contributed by atoms with van der Waals surface area (Å²) in [5.41, 5.74) is 3.06. The van der Waals surface area contributed by atoms with Crippen LogP contribution in [0.3, 0.4) is 0 Å². The van der Waals surface area contributed by atoms with Gasteiger partial charge < -0.3 is 0 Å². The van der Waals surface area contributed by atoms with Crippen molar-refractivity contribution in [3.8, 4) is 0 Å².